The molecule has 0 radical (unpaired) electrons. The number of H-pyrrole nitrogens is 3. The number of carbonyl (C=O) groups excluding carboxylic acids is 1. The van der Waals surface area contributed by atoms with Crippen molar-refractivity contribution in [1.29, 1.82) is 0 Å². The molecular weight excluding hydrogens is 354 g/mol. The average molecular weight is 369 g/mol. The number of aromatic amines is 3. The van der Waals surface area contributed by atoms with Gasteiger partial charge in [-0.1, -0.05) is 6.07 Å². The summed E-state index contributed by atoms with van der Waals surface area (Å²) in [5.74, 6) is -0.477. The average Bonchev–Trinajstić information content (AvgIpc) is 3.11. The fourth-order valence-electron chi connectivity index (χ4n) is 2.82. The molecule has 4 rings (SSSR count). The van der Waals surface area contributed by atoms with Crippen molar-refractivity contribution in [3.05, 3.63) is 60.9 Å². The third-order valence-electron chi connectivity index (χ3n) is 4.29. The quantitative estimate of drug-likeness (QED) is 0.439. The number of hydrogen-bond acceptors (Lipinski definition) is 5. The van der Waals surface area contributed by atoms with Gasteiger partial charge in [-0.15, -0.1) is 11.3 Å². The number of benzene rings is 1. The number of rotatable bonds is 3. The fraction of sp³-hybridized carbons (Fsp3) is 0.176. The number of carbonyl (C=O) groups is 1. The van der Waals surface area contributed by atoms with E-state index in [-0.39, 0.29) is 23.6 Å². The normalized spacial score (nSPS) is 11.3. The van der Waals surface area contributed by atoms with Crippen molar-refractivity contribution in [1.82, 2.24) is 25.3 Å². The first-order valence-corrected chi connectivity index (χ1v) is 8.73. The Labute approximate surface area is 150 Å². The first-order valence-electron chi connectivity index (χ1n) is 7.91. The summed E-state index contributed by atoms with van der Waals surface area (Å²) in [4.78, 5) is 49.6. The summed E-state index contributed by atoms with van der Waals surface area (Å²) in [5.41, 5.74) is 2.47. The number of hydrogen-bond donors (Lipinski definition) is 4. The molecule has 1 amide bonds. The zero-order chi connectivity index (χ0) is 18.4. The minimum absolute atomic E-state index is 0.0140. The second-order valence-corrected chi connectivity index (χ2v) is 7.22. The number of imidazole rings is 1. The van der Waals surface area contributed by atoms with E-state index in [0.717, 1.165) is 16.0 Å². The van der Waals surface area contributed by atoms with Gasteiger partial charge in [0.25, 0.3) is 11.5 Å². The van der Waals surface area contributed by atoms with Crippen molar-refractivity contribution in [2.45, 2.75) is 20.4 Å². The van der Waals surface area contributed by atoms with E-state index in [1.165, 1.54) is 11.3 Å². The smallest absolute Gasteiger partial charge is 0.323 e. The van der Waals surface area contributed by atoms with Gasteiger partial charge in [0, 0.05) is 11.4 Å². The Hall–Kier alpha value is -3.20. The number of amides is 1. The van der Waals surface area contributed by atoms with E-state index < -0.39 is 5.91 Å². The fourth-order valence-corrected chi connectivity index (χ4v) is 3.85. The summed E-state index contributed by atoms with van der Waals surface area (Å²) in [5, 5.41) is 3.26. The second-order valence-electron chi connectivity index (χ2n) is 6.02. The molecule has 0 aliphatic heterocycles. The Morgan fingerprint density at radius 3 is 2.73 bits per heavy atom. The van der Waals surface area contributed by atoms with E-state index in [9.17, 15) is 14.4 Å². The van der Waals surface area contributed by atoms with Crippen molar-refractivity contribution in [2.24, 2.45) is 0 Å². The molecule has 132 valence electrons. The third-order valence-corrected chi connectivity index (χ3v) is 5.39. The summed E-state index contributed by atoms with van der Waals surface area (Å²) in [6.07, 6.45) is 0. The molecule has 4 N–H and O–H groups in total. The Balaban J connectivity index is 1.58. The van der Waals surface area contributed by atoms with Gasteiger partial charge in [0.2, 0.25) is 5.82 Å². The van der Waals surface area contributed by atoms with Crippen LogP contribution in [-0.2, 0) is 6.54 Å². The number of nitrogens with one attached hydrogen (secondary N) is 4. The van der Waals surface area contributed by atoms with E-state index in [1.54, 1.807) is 18.2 Å². The highest BCUT2D eigenvalue weighted by Crippen LogP contribution is 2.25. The zero-order valence-corrected chi connectivity index (χ0v) is 14.8. The van der Waals surface area contributed by atoms with Crippen molar-refractivity contribution >= 4 is 38.5 Å². The topological polar surface area (TPSA) is 123 Å². The molecule has 0 aliphatic carbocycles. The Morgan fingerprint density at radius 2 is 1.92 bits per heavy atom. The van der Waals surface area contributed by atoms with Gasteiger partial charge >= 0.3 is 5.69 Å². The highest BCUT2D eigenvalue weighted by Gasteiger charge is 2.15. The van der Waals surface area contributed by atoms with Gasteiger partial charge in [-0.2, -0.15) is 0 Å². The van der Waals surface area contributed by atoms with Crippen LogP contribution in [0.3, 0.4) is 0 Å². The number of aromatic nitrogens is 4. The van der Waals surface area contributed by atoms with Gasteiger partial charge in [0.1, 0.15) is 4.83 Å². The van der Waals surface area contributed by atoms with Crippen molar-refractivity contribution in [2.75, 3.05) is 0 Å². The molecule has 26 heavy (non-hydrogen) atoms. The van der Waals surface area contributed by atoms with E-state index >= 15 is 0 Å². The van der Waals surface area contributed by atoms with Gasteiger partial charge in [-0.3, -0.25) is 9.59 Å². The van der Waals surface area contributed by atoms with Crippen LogP contribution < -0.4 is 16.6 Å². The molecule has 0 saturated heterocycles. The Kier molecular flexibility index (Phi) is 3.73. The van der Waals surface area contributed by atoms with Crippen LogP contribution in [-0.4, -0.2) is 25.8 Å². The third kappa shape index (κ3) is 2.72. The minimum Gasteiger partial charge on any atom is -0.345 e. The lowest BCUT2D eigenvalue weighted by Crippen LogP contribution is -2.27. The molecule has 0 saturated carbocycles. The first-order chi connectivity index (χ1) is 12.4. The first kappa shape index (κ1) is 16.3. The summed E-state index contributed by atoms with van der Waals surface area (Å²) in [6.45, 7) is 4.03. The van der Waals surface area contributed by atoms with Crippen LogP contribution in [0, 0.1) is 13.8 Å². The highest BCUT2D eigenvalue weighted by atomic mass is 32.1. The summed E-state index contributed by atoms with van der Waals surface area (Å²) < 4.78 is 0. The lowest BCUT2D eigenvalue weighted by atomic mass is 10.2. The number of aryl methyl sites for hydroxylation is 2. The molecule has 0 bridgehead atoms. The van der Waals surface area contributed by atoms with Gasteiger partial charge in [0.05, 0.1) is 16.4 Å². The van der Waals surface area contributed by atoms with E-state index in [0.29, 0.717) is 21.3 Å². The molecule has 0 spiro atoms. The molecular formula is C17H15N5O3S. The summed E-state index contributed by atoms with van der Waals surface area (Å²) in [7, 11) is 0. The van der Waals surface area contributed by atoms with Gasteiger partial charge < -0.3 is 20.3 Å². The van der Waals surface area contributed by atoms with Gasteiger partial charge in [-0.05, 0) is 37.1 Å². The molecule has 9 heteroatoms. The van der Waals surface area contributed by atoms with E-state index in [2.05, 4.69) is 25.3 Å². The second kappa shape index (κ2) is 5.95. The van der Waals surface area contributed by atoms with Crippen molar-refractivity contribution in [3.8, 4) is 0 Å². The SMILES string of the molecule is Cc1sc2nc(C(=O)NCc3ccc4[nH]c(=O)[nH]c4c3)[nH]c(=O)c2c1C. The lowest BCUT2D eigenvalue weighted by molar-refractivity contribution is 0.0940. The summed E-state index contributed by atoms with van der Waals surface area (Å²) in [6, 6.07) is 5.34. The highest BCUT2D eigenvalue weighted by molar-refractivity contribution is 7.18. The van der Waals surface area contributed by atoms with Crippen LogP contribution in [0.5, 0.6) is 0 Å². The predicted molar refractivity (Wildman–Crippen MR) is 99.8 cm³/mol. The van der Waals surface area contributed by atoms with Crippen LogP contribution in [0.25, 0.3) is 21.3 Å². The maximum atomic E-state index is 12.4. The summed E-state index contributed by atoms with van der Waals surface area (Å²) >= 11 is 1.39. The lowest BCUT2D eigenvalue weighted by Gasteiger charge is -2.05. The molecule has 4 aromatic rings. The largest absolute Gasteiger partial charge is 0.345 e. The number of thiophene rings is 1. The minimum atomic E-state index is -0.463. The molecule has 3 aromatic heterocycles. The van der Waals surface area contributed by atoms with Crippen LogP contribution in [0.2, 0.25) is 0 Å². The van der Waals surface area contributed by atoms with Crippen LogP contribution in [0.1, 0.15) is 26.6 Å². The van der Waals surface area contributed by atoms with E-state index in [4.69, 9.17) is 0 Å². The maximum Gasteiger partial charge on any atom is 0.323 e. The Morgan fingerprint density at radius 1 is 1.15 bits per heavy atom. The molecule has 0 aliphatic rings. The van der Waals surface area contributed by atoms with Crippen molar-refractivity contribution < 1.29 is 4.79 Å². The molecule has 3 heterocycles. The van der Waals surface area contributed by atoms with Crippen LogP contribution in [0.15, 0.2) is 27.8 Å². The predicted octanol–water partition coefficient (Wildman–Crippen LogP) is 1.70. The van der Waals surface area contributed by atoms with Crippen LogP contribution >= 0.6 is 11.3 Å². The molecule has 0 atom stereocenters. The number of fused-ring (bicyclic) bond motifs is 2. The van der Waals surface area contributed by atoms with Crippen LogP contribution in [0.4, 0.5) is 0 Å². The zero-order valence-electron chi connectivity index (χ0n) is 14.0. The molecule has 0 unspecified atom stereocenters. The van der Waals surface area contributed by atoms with Gasteiger partial charge in [-0.25, -0.2) is 9.78 Å². The Bertz CT molecular complexity index is 1280. The van der Waals surface area contributed by atoms with Gasteiger partial charge in [0.15, 0.2) is 0 Å². The maximum absolute atomic E-state index is 12.4. The molecule has 8 nitrogen and oxygen atoms in total. The molecule has 1 aromatic carbocycles. The number of nitrogens with zero attached hydrogens (tertiary/aromatic N) is 1. The standard InChI is InChI=1S/C17H15N5O3S/c1-7-8(2)26-16-12(7)14(23)21-13(22-16)15(24)18-6-9-3-4-10-11(5-9)20-17(25)19-10/h3-5H,6H2,1-2H3,(H,18,24)(H2,19,20,25)(H,21,22,23). The molecule has 0 fully saturated rings. The van der Waals surface area contributed by atoms with E-state index in [1.807, 2.05) is 13.8 Å². The van der Waals surface area contributed by atoms with Crippen molar-refractivity contribution in [3.63, 3.8) is 0 Å². The monoisotopic (exact) mass is 369 g/mol.